The van der Waals surface area contributed by atoms with Gasteiger partial charge in [-0.3, -0.25) is 0 Å². The van der Waals surface area contributed by atoms with Crippen LogP contribution in [0.2, 0.25) is 10.0 Å². The summed E-state index contributed by atoms with van der Waals surface area (Å²) in [7, 11) is 2.14. The van der Waals surface area contributed by atoms with Gasteiger partial charge in [0.25, 0.3) is 0 Å². The van der Waals surface area contributed by atoms with Crippen LogP contribution in [0, 0.1) is 0 Å². The van der Waals surface area contributed by atoms with Crippen LogP contribution in [-0.4, -0.2) is 55.8 Å². The highest BCUT2D eigenvalue weighted by molar-refractivity contribution is 6.34. The zero-order chi connectivity index (χ0) is 21.1. The summed E-state index contributed by atoms with van der Waals surface area (Å²) in [6.07, 6.45) is 1.67. The Morgan fingerprint density at radius 2 is 1.80 bits per heavy atom. The summed E-state index contributed by atoms with van der Waals surface area (Å²) < 4.78 is 19.3. The highest BCUT2D eigenvalue weighted by atomic mass is 35.5. The van der Waals surface area contributed by atoms with Crippen molar-refractivity contribution in [2.45, 2.75) is 37.9 Å². The summed E-state index contributed by atoms with van der Waals surface area (Å²) in [6.45, 7) is 5.20. The number of fused-ring (bicyclic) bond motifs is 1. The first-order valence-corrected chi connectivity index (χ1v) is 11.5. The number of ether oxygens (including phenoxy) is 1. The summed E-state index contributed by atoms with van der Waals surface area (Å²) in [6, 6.07) is 12.2. The van der Waals surface area contributed by atoms with Crippen molar-refractivity contribution in [3.8, 4) is 5.75 Å². The molecule has 1 unspecified atom stereocenters. The summed E-state index contributed by atoms with van der Waals surface area (Å²) in [5.41, 5.74) is 3.74. The van der Waals surface area contributed by atoms with E-state index in [1.54, 1.807) is 6.07 Å². The lowest BCUT2D eigenvalue weighted by Crippen LogP contribution is -2.35. The Hall–Kier alpha value is -1.33. The number of rotatable bonds is 6. The molecule has 6 heteroatoms. The number of likely N-dealkylation sites (tertiary alicyclic amines) is 1. The van der Waals surface area contributed by atoms with Crippen LogP contribution in [0.5, 0.6) is 5.75 Å². The Morgan fingerprint density at radius 1 is 1.07 bits per heavy atom. The molecule has 4 rings (SSSR count). The molecule has 0 aliphatic carbocycles. The molecule has 0 aromatic heterocycles. The average Bonchev–Trinajstić information content (AvgIpc) is 2.71. The van der Waals surface area contributed by atoms with Gasteiger partial charge < -0.3 is 14.5 Å². The molecule has 1 atom stereocenters. The maximum Gasteiger partial charge on any atom is 0.119 e. The van der Waals surface area contributed by atoms with Crippen molar-refractivity contribution >= 4 is 23.2 Å². The first kappa shape index (κ1) is 21.9. The lowest BCUT2D eigenvalue weighted by atomic mass is 9.85. The van der Waals surface area contributed by atoms with Crippen LogP contribution in [0.4, 0.5) is 4.39 Å². The topological polar surface area (TPSA) is 15.7 Å². The molecular formula is C24H29Cl2FN2O. The van der Waals surface area contributed by atoms with Crippen LogP contribution < -0.4 is 4.74 Å². The fourth-order valence-corrected chi connectivity index (χ4v) is 5.12. The molecule has 0 radical (unpaired) electrons. The minimum atomic E-state index is -0.613. The van der Waals surface area contributed by atoms with Crippen LogP contribution in [0.3, 0.4) is 0 Å². The van der Waals surface area contributed by atoms with E-state index < -0.39 is 6.17 Å². The van der Waals surface area contributed by atoms with Gasteiger partial charge in [-0.05, 0) is 73.3 Å². The molecule has 2 aliphatic heterocycles. The van der Waals surface area contributed by atoms with E-state index in [0.717, 1.165) is 50.5 Å². The van der Waals surface area contributed by atoms with Gasteiger partial charge in [0.1, 0.15) is 11.9 Å². The minimum Gasteiger partial charge on any atom is -0.494 e. The van der Waals surface area contributed by atoms with Crippen molar-refractivity contribution in [1.82, 2.24) is 9.80 Å². The van der Waals surface area contributed by atoms with Crippen molar-refractivity contribution in [2.75, 3.05) is 39.8 Å². The van der Waals surface area contributed by atoms with E-state index in [1.807, 2.05) is 12.1 Å². The lowest BCUT2D eigenvalue weighted by Gasteiger charge is -2.33. The van der Waals surface area contributed by atoms with E-state index in [1.165, 1.54) is 11.1 Å². The molecule has 0 N–H and O–H groups in total. The predicted octanol–water partition coefficient (Wildman–Crippen LogP) is 5.77. The third-order valence-corrected chi connectivity index (χ3v) is 6.55. The SMILES string of the molecule is CN1Cc2cc(OCCCN3CCC(F)CC3)ccc2C(c2cc(Cl)cc(Cl)c2)C1. The second-order valence-electron chi connectivity index (χ2n) is 8.53. The van der Waals surface area contributed by atoms with E-state index in [9.17, 15) is 4.39 Å². The molecule has 1 fully saturated rings. The standard InChI is InChI=1S/C24H29Cl2FN2O/c1-28-15-18-13-22(30-10-2-7-29-8-5-21(27)6-9-29)3-4-23(18)24(16-28)17-11-19(25)14-20(26)12-17/h3-4,11-14,21,24H,2,5-10,15-16H2,1H3. The third kappa shape index (κ3) is 5.47. The largest absolute Gasteiger partial charge is 0.494 e. The van der Waals surface area contributed by atoms with Crippen molar-refractivity contribution < 1.29 is 9.13 Å². The van der Waals surface area contributed by atoms with E-state index in [-0.39, 0.29) is 5.92 Å². The van der Waals surface area contributed by atoms with Gasteiger partial charge in [-0.2, -0.15) is 0 Å². The molecule has 0 saturated carbocycles. The summed E-state index contributed by atoms with van der Waals surface area (Å²) in [5.74, 6) is 1.15. The van der Waals surface area contributed by atoms with Gasteiger partial charge in [0.05, 0.1) is 6.61 Å². The molecule has 162 valence electrons. The van der Waals surface area contributed by atoms with Crippen molar-refractivity contribution in [3.63, 3.8) is 0 Å². The number of nitrogens with zero attached hydrogens (tertiary/aromatic N) is 2. The number of hydrogen-bond acceptors (Lipinski definition) is 3. The molecule has 2 aromatic carbocycles. The fraction of sp³-hybridized carbons (Fsp3) is 0.500. The summed E-state index contributed by atoms with van der Waals surface area (Å²) >= 11 is 12.5. The molecule has 0 spiro atoms. The number of piperidine rings is 1. The highest BCUT2D eigenvalue weighted by Crippen LogP contribution is 2.36. The second-order valence-corrected chi connectivity index (χ2v) is 9.40. The van der Waals surface area contributed by atoms with E-state index >= 15 is 0 Å². The van der Waals surface area contributed by atoms with E-state index in [0.29, 0.717) is 29.5 Å². The van der Waals surface area contributed by atoms with Crippen molar-refractivity contribution in [3.05, 3.63) is 63.1 Å². The maximum atomic E-state index is 13.2. The number of hydrogen-bond donors (Lipinski definition) is 0. The van der Waals surface area contributed by atoms with Crippen LogP contribution in [0.1, 0.15) is 41.9 Å². The third-order valence-electron chi connectivity index (χ3n) is 6.12. The predicted molar refractivity (Wildman–Crippen MR) is 122 cm³/mol. The highest BCUT2D eigenvalue weighted by Gasteiger charge is 2.26. The number of halogens is 3. The van der Waals surface area contributed by atoms with E-state index in [2.05, 4.69) is 35.0 Å². The molecule has 0 bridgehead atoms. The average molecular weight is 451 g/mol. The van der Waals surface area contributed by atoms with Crippen molar-refractivity contribution in [1.29, 1.82) is 0 Å². The molecule has 0 amide bonds. The lowest BCUT2D eigenvalue weighted by molar-refractivity contribution is 0.143. The van der Waals surface area contributed by atoms with Gasteiger partial charge in [-0.15, -0.1) is 0 Å². The molecule has 1 saturated heterocycles. The molecular weight excluding hydrogens is 422 g/mol. The zero-order valence-corrected chi connectivity index (χ0v) is 18.9. The van der Waals surface area contributed by atoms with Gasteiger partial charge in [0, 0.05) is 48.7 Å². The smallest absolute Gasteiger partial charge is 0.119 e. The number of alkyl halides is 1. The van der Waals surface area contributed by atoms with Gasteiger partial charge >= 0.3 is 0 Å². The maximum absolute atomic E-state index is 13.2. The fourth-order valence-electron chi connectivity index (χ4n) is 4.58. The first-order chi connectivity index (χ1) is 14.5. The zero-order valence-electron chi connectivity index (χ0n) is 17.4. The Bertz CT molecular complexity index is 850. The number of benzene rings is 2. The molecule has 2 aromatic rings. The second kappa shape index (κ2) is 9.86. The van der Waals surface area contributed by atoms with E-state index in [4.69, 9.17) is 27.9 Å². The van der Waals surface area contributed by atoms with Gasteiger partial charge in [0.2, 0.25) is 0 Å². The Balaban J connectivity index is 1.39. The van der Waals surface area contributed by atoms with Crippen LogP contribution in [0.15, 0.2) is 36.4 Å². The quantitative estimate of drug-likeness (QED) is 0.519. The summed E-state index contributed by atoms with van der Waals surface area (Å²) in [5, 5.41) is 1.34. The molecule has 2 heterocycles. The van der Waals surface area contributed by atoms with Gasteiger partial charge in [-0.25, -0.2) is 4.39 Å². The van der Waals surface area contributed by atoms with Crippen LogP contribution in [0.25, 0.3) is 0 Å². The first-order valence-electron chi connectivity index (χ1n) is 10.7. The molecule has 2 aliphatic rings. The van der Waals surface area contributed by atoms with Gasteiger partial charge in [-0.1, -0.05) is 29.3 Å². The van der Waals surface area contributed by atoms with Crippen molar-refractivity contribution in [2.24, 2.45) is 0 Å². The van der Waals surface area contributed by atoms with Gasteiger partial charge in [0.15, 0.2) is 0 Å². The molecule has 3 nitrogen and oxygen atoms in total. The Kier molecular flexibility index (Phi) is 7.20. The number of likely N-dealkylation sites (N-methyl/N-ethyl adjacent to an activating group) is 1. The minimum absolute atomic E-state index is 0.238. The Labute approximate surface area is 188 Å². The molecule has 30 heavy (non-hydrogen) atoms. The van der Waals surface area contributed by atoms with Crippen LogP contribution >= 0.6 is 23.2 Å². The normalized spacial score (nSPS) is 20.9. The Morgan fingerprint density at radius 3 is 2.53 bits per heavy atom. The monoisotopic (exact) mass is 450 g/mol. The van der Waals surface area contributed by atoms with Crippen LogP contribution in [-0.2, 0) is 6.54 Å². The summed E-state index contributed by atoms with van der Waals surface area (Å²) in [4.78, 5) is 4.65.